The third-order valence-electron chi connectivity index (χ3n) is 4.66. The Morgan fingerprint density at radius 3 is 2.30 bits per heavy atom. The first-order chi connectivity index (χ1) is 14.4. The molecule has 0 aliphatic carbocycles. The molecular weight excluding hydrogens is 423 g/mol. The van der Waals surface area contributed by atoms with Crippen LogP contribution in [0.5, 0.6) is 0 Å². The van der Waals surface area contributed by atoms with E-state index >= 15 is 0 Å². The van der Waals surface area contributed by atoms with Crippen LogP contribution in [0.2, 0.25) is 10.0 Å². The standard InChI is InChI=1S/C22H18Cl2N4O2/c1-12(29)21-17-8-4-14(10-20(17)27-28-21)13-2-5-15(6-3-13)25-22(30)26-16-7-9-18(23)19(24)11-16/h2-12,29H,1H3,(H,27,28)(H2,25,26,30). The SMILES string of the molecule is CC(O)c1[nH]nc2cc(-c3ccc(NC(=O)Nc4ccc(Cl)c(Cl)c4)cc3)ccc12. The van der Waals surface area contributed by atoms with Crippen molar-refractivity contribution >= 4 is 51.5 Å². The Balaban J connectivity index is 1.46. The number of anilines is 2. The third kappa shape index (κ3) is 4.26. The van der Waals surface area contributed by atoms with Crippen molar-refractivity contribution in [2.24, 2.45) is 0 Å². The molecule has 2 amide bonds. The predicted molar refractivity (Wildman–Crippen MR) is 121 cm³/mol. The van der Waals surface area contributed by atoms with E-state index in [-0.39, 0.29) is 6.03 Å². The molecule has 0 aliphatic heterocycles. The fourth-order valence-electron chi connectivity index (χ4n) is 3.14. The van der Waals surface area contributed by atoms with Gasteiger partial charge in [0.2, 0.25) is 0 Å². The van der Waals surface area contributed by atoms with E-state index in [0.717, 1.165) is 22.0 Å². The molecule has 4 aromatic rings. The second kappa shape index (κ2) is 8.36. The highest BCUT2D eigenvalue weighted by Crippen LogP contribution is 2.28. The van der Waals surface area contributed by atoms with Crippen LogP contribution in [0.3, 0.4) is 0 Å². The van der Waals surface area contributed by atoms with Crippen molar-refractivity contribution < 1.29 is 9.90 Å². The number of rotatable bonds is 4. The van der Waals surface area contributed by atoms with E-state index in [2.05, 4.69) is 20.8 Å². The zero-order valence-electron chi connectivity index (χ0n) is 15.9. The van der Waals surface area contributed by atoms with Crippen LogP contribution in [-0.2, 0) is 0 Å². The van der Waals surface area contributed by atoms with Crippen LogP contribution in [0.1, 0.15) is 18.7 Å². The molecule has 0 aliphatic rings. The molecule has 0 spiro atoms. The molecule has 0 radical (unpaired) electrons. The van der Waals surface area contributed by atoms with E-state index < -0.39 is 6.10 Å². The normalized spacial score (nSPS) is 12.0. The lowest BCUT2D eigenvalue weighted by Gasteiger charge is -2.09. The lowest BCUT2D eigenvalue weighted by atomic mass is 10.0. The Bertz CT molecular complexity index is 1220. The molecule has 0 saturated carbocycles. The van der Waals surface area contributed by atoms with Gasteiger partial charge in [-0.25, -0.2) is 4.79 Å². The number of urea groups is 1. The van der Waals surface area contributed by atoms with Gasteiger partial charge >= 0.3 is 6.03 Å². The minimum Gasteiger partial charge on any atom is -0.387 e. The Morgan fingerprint density at radius 1 is 0.933 bits per heavy atom. The lowest BCUT2D eigenvalue weighted by molar-refractivity contribution is 0.195. The van der Waals surface area contributed by atoms with Crippen LogP contribution in [0.25, 0.3) is 22.0 Å². The minimum absolute atomic E-state index is 0.369. The molecular formula is C22H18Cl2N4O2. The summed E-state index contributed by atoms with van der Waals surface area (Å²) in [6.45, 7) is 1.70. The van der Waals surface area contributed by atoms with E-state index in [0.29, 0.717) is 27.1 Å². The van der Waals surface area contributed by atoms with Gasteiger partial charge in [-0.15, -0.1) is 0 Å². The number of hydrogen-bond acceptors (Lipinski definition) is 3. The number of amides is 2. The maximum atomic E-state index is 12.2. The average Bonchev–Trinajstić information content (AvgIpc) is 3.15. The number of aromatic nitrogens is 2. The summed E-state index contributed by atoms with van der Waals surface area (Å²) in [6.07, 6.45) is -0.610. The number of aliphatic hydroxyl groups excluding tert-OH is 1. The predicted octanol–water partition coefficient (Wildman–Crippen LogP) is 6.23. The van der Waals surface area contributed by atoms with Crippen LogP contribution in [-0.4, -0.2) is 21.3 Å². The number of halogens is 2. The number of carbonyl (C=O) groups excluding carboxylic acids is 1. The zero-order valence-corrected chi connectivity index (χ0v) is 17.4. The first kappa shape index (κ1) is 20.2. The lowest BCUT2D eigenvalue weighted by Crippen LogP contribution is -2.19. The smallest absolute Gasteiger partial charge is 0.323 e. The number of aromatic amines is 1. The van der Waals surface area contributed by atoms with Crippen molar-refractivity contribution in [3.63, 3.8) is 0 Å². The molecule has 30 heavy (non-hydrogen) atoms. The van der Waals surface area contributed by atoms with Gasteiger partial charge in [0, 0.05) is 16.8 Å². The number of fused-ring (bicyclic) bond motifs is 1. The van der Waals surface area contributed by atoms with Crippen molar-refractivity contribution in [2.75, 3.05) is 10.6 Å². The van der Waals surface area contributed by atoms with Crippen molar-refractivity contribution in [1.29, 1.82) is 0 Å². The van der Waals surface area contributed by atoms with Gasteiger partial charge in [-0.3, -0.25) is 5.10 Å². The summed E-state index contributed by atoms with van der Waals surface area (Å²) < 4.78 is 0. The highest BCUT2D eigenvalue weighted by atomic mass is 35.5. The van der Waals surface area contributed by atoms with Gasteiger partial charge in [0.25, 0.3) is 0 Å². The van der Waals surface area contributed by atoms with Gasteiger partial charge in [-0.1, -0.05) is 47.5 Å². The van der Waals surface area contributed by atoms with Crippen molar-refractivity contribution in [2.45, 2.75) is 13.0 Å². The van der Waals surface area contributed by atoms with Crippen molar-refractivity contribution in [1.82, 2.24) is 10.2 Å². The molecule has 8 heteroatoms. The van der Waals surface area contributed by atoms with Gasteiger partial charge in [0.05, 0.1) is 27.4 Å². The summed E-state index contributed by atoms with van der Waals surface area (Å²) in [4.78, 5) is 12.2. The molecule has 1 unspecified atom stereocenters. The molecule has 0 saturated heterocycles. The van der Waals surface area contributed by atoms with Crippen molar-refractivity contribution in [3.05, 3.63) is 76.4 Å². The Kier molecular flexibility index (Phi) is 5.63. The first-order valence-electron chi connectivity index (χ1n) is 9.20. The van der Waals surface area contributed by atoms with Gasteiger partial charge in [0.1, 0.15) is 0 Å². The Morgan fingerprint density at radius 2 is 1.60 bits per heavy atom. The molecule has 1 atom stereocenters. The molecule has 1 heterocycles. The van der Waals surface area contributed by atoms with Crippen LogP contribution in [0.15, 0.2) is 60.7 Å². The van der Waals surface area contributed by atoms with Crippen molar-refractivity contribution in [3.8, 4) is 11.1 Å². The average molecular weight is 441 g/mol. The summed E-state index contributed by atoms with van der Waals surface area (Å²) in [5, 5.41) is 24.1. The molecule has 152 valence electrons. The monoisotopic (exact) mass is 440 g/mol. The number of benzene rings is 3. The summed E-state index contributed by atoms with van der Waals surface area (Å²) in [5.41, 5.74) is 4.64. The molecule has 6 nitrogen and oxygen atoms in total. The second-order valence-corrected chi connectivity index (χ2v) is 7.64. The molecule has 3 aromatic carbocycles. The Hall–Kier alpha value is -3.06. The van der Waals surface area contributed by atoms with E-state index in [1.165, 1.54) is 0 Å². The topological polar surface area (TPSA) is 90.0 Å². The number of H-pyrrole nitrogens is 1. The number of nitrogens with zero attached hydrogens (tertiary/aromatic N) is 1. The fourth-order valence-corrected chi connectivity index (χ4v) is 3.44. The Labute approximate surface area is 182 Å². The summed E-state index contributed by atoms with van der Waals surface area (Å²) in [6, 6.07) is 17.8. The quantitative estimate of drug-likeness (QED) is 0.303. The highest BCUT2D eigenvalue weighted by Gasteiger charge is 2.11. The van der Waals surface area contributed by atoms with Crippen LogP contribution < -0.4 is 10.6 Å². The van der Waals surface area contributed by atoms with Gasteiger partial charge in [0.15, 0.2) is 0 Å². The minimum atomic E-state index is -0.610. The maximum absolute atomic E-state index is 12.2. The van der Waals surface area contributed by atoms with Gasteiger partial charge in [-0.2, -0.15) is 5.10 Å². The number of aliphatic hydroxyl groups is 1. The molecule has 1 aromatic heterocycles. The second-order valence-electron chi connectivity index (χ2n) is 6.83. The van der Waals surface area contributed by atoms with Crippen LogP contribution >= 0.6 is 23.2 Å². The maximum Gasteiger partial charge on any atom is 0.323 e. The molecule has 4 rings (SSSR count). The van der Waals surface area contributed by atoms with Crippen LogP contribution in [0, 0.1) is 0 Å². The molecule has 4 N–H and O–H groups in total. The fraction of sp³-hybridized carbons (Fsp3) is 0.0909. The largest absolute Gasteiger partial charge is 0.387 e. The van der Waals surface area contributed by atoms with E-state index in [4.69, 9.17) is 23.2 Å². The first-order valence-corrected chi connectivity index (χ1v) is 9.96. The molecule has 0 bridgehead atoms. The third-order valence-corrected chi connectivity index (χ3v) is 5.40. The van der Waals surface area contributed by atoms with E-state index in [1.807, 2.05) is 42.5 Å². The number of nitrogens with one attached hydrogen (secondary N) is 3. The van der Waals surface area contributed by atoms with E-state index in [1.54, 1.807) is 25.1 Å². The van der Waals surface area contributed by atoms with Crippen LogP contribution in [0.4, 0.5) is 16.2 Å². The number of carbonyl (C=O) groups is 1. The summed E-state index contributed by atoms with van der Waals surface area (Å²) in [5.74, 6) is 0. The van der Waals surface area contributed by atoms with E-state index in [9.17, 15) is 9.90 Å². The van der Waals surface area contributed by atoms with Gasteiger partial charge in [-0.05, 0) is 54.4 Å². The summed E-state index contributed by atoms with van der Waals surface area (Å²) in [7, 11) is 0. The van der Waals surface area contributed by atoms with Gasteiger partial charge < -0.3 is 15.7 Å². The summed E-state index contributed by atoms with van der Waals surface area (Å²) >= 11 is 11.8. The zero-order chi connectivity index (χ0) is 21.3. The number of hydrogen-bond donors (Lipinski definition) is 4. The molecule has 0 fully saturated rings. The highest BCUT2D eigenvalue weighted by molar-refractivity contribution is 6.42.